The highest BCUT2D eigenvalue weighted by atomic mass is 16.5. The molecule has 6 heteroatoms. The normalized spacial score (nSPS) is 11.8. The number of allylic oxidation sites excluding steroid dienone is 2. The summed E-state index contributed by atoms with van der Waals surface area (Å²) in [5.74, 6) is 0.640. The van der Waals surface area contributed by atoms with E-state index in [0.717, 1.165) is 16.7 Å². The van der Waals surface area contributed by atoms with Gasteiger partial charge in [-0.15, -0.1) is 0 Å². The van der Waals surface area contributed by atoms with Gasteiger partial charge in [-0.1, -0.05) is 50.1 Å². The number of amides is 1. The van der Waals surface area contributed by atoms with Gasteiger partial charge in [-0.25, -0.2) is 0 Å². The van der Waals surface area contributed by atoms with Gasteiger partial charge in [0.2, 0.25) is 5.75 Å². The van der Waals surface area contributed by atoms with Crippen molar-refractivity contribution in [2.75, 3.05) is 21.3 Å². The number of benzene rings is 2. The molecule has 0 aliphatic rings. The first kappa shape index (κ1) is 23.8. The highest BCUT2D eigenvalue weighted by Crippen LogP contribution is 2.40. The highest BCUT2D eigenvalue weighted by molar-refractivity contribution is 6.00. The smallest absolute Gasteiger partial charge is 0.259 e. The monoisotopic (exact) mass is 422 g/mol. The molecule has 2 rings (SSSR count). The second-order valence-electron chi connectivity index (χ2n) is 8.32. The Morgan fingerprint density at radius 1 is 0.935 bits per heavy atom. The Morgan fingerprint density at radius 2 is 1.52 bits per heavy atom. The summed E-state index contributed by atoms with van der Waals surface area (Å²) in [6.07, 6.45) is 0. The molecule has 0 atom stereocenters. The minimum atomic E-state index is -0.498. The van der Waals surface area contributed by atoms with Crippen LogP contribution >= 0.6 is 0 Å². The lowest BCUT2D eigenvalue weighted by Crippen LogP contribution is -2.31. The van der Waals surface area contributed by atoms with Crippen molar-refractivity contribution >= 4 is 11.5 Å². The molecule has 31 heavy (non-hydrogen) atoms. The molecule has 164 valence electrons. The summed E-state index contributed by atoms with van der Waals surface area (Å²) >= 11 is 0. The van der Waals surface area contributed by atoms with Crippen molar-refractivity contribution in [2.24, 2.45) is 5.41 Å². The number of carbonyl (C=O) groups is 1. The van der Waals surface area contributed by atoms with E-state index >= 15 is 0 Å². The van der Waals surface area contributed by atoms with Gasteiger partial charge in [-0.3, -0.25) is 4.79 Å². The average Bonchev–Trinajstić information content (AvgIpc) is 2.70. The number of carbonyl (C=O) groups excluding carboxylic acids is 1. The molecular weight excluding hydrogens is 392 g/mol. The van der Waals surface area contributed by atoms with Gasteiger partial charge in [0.1, 0.15) is 6.07 Å². The first-order valence-corrected chi connectivity index (χ1v) is 9.91. The third-order valence-electron chi connectivity index (χ3n) is 4.81. The molecule has 0 aliphatic heterocycles. The van der Waals surface area contributed by atoms with Crippen molar-refractivity contribution in [1.29, 1.82) is 5.26 Å². The summed E-state index contributed by atoms with van der Waals surface area (Å²) in [7, 11) is 4.46. The molecule has 0 radical (unpaired) electrons. The van der Waals surface area contributed by atoms with Crippen LogP contribution in [0.15, 0.2) is 36.0 Å². The quantitative estimate of drug-likeness (QED) is 0.660. The first-order valence-electron chi connectivity index (χ1n) is 9.91. The molecule has 0 saturated carbocycles. The molecule has 2 aromatic carbocycles. The zero-order chi connectivity index (χ0) is 23.3. The fraction of sp³-hybridized carbons (Fsp3) is 0.360. The summed E-state index contributed by atoms with van der Waals surface area (Å²) in [6, 6.07) is 11.5. The summed E-state index contributed by atoms with van der Waals surface area (Å²) in [5.41, 5.74) is 3.59. The lowest BCUT2D eigenvalue weighted by Gasteiger charge is -2.26. The first-order chi connectivity index (χ1) is 14.6. The SMILES string of the molecule is COc1ccc(C(=O)N/C(=C(/C#N)c2cc(C)cc(C)c2)C(C)(C)C)c(OC)c1OC. The second kappa shape index (κ2) is 9.57. The van der Waals surface area contributed by atoms with E-state index in [9.17, 15) is 10.1 Å². The van der Waals surface area contributed by atoms with E-state index in [0.29, 0.717) is 22.8 Å². The van der Waals surface area contributed by atoms with Crippen LogP contribution < -0.4 is 19.5 Å². The van der Waals surface area contributed by atoms with E-state index in [4.69, 9.17) is 14.2 Å². The summed E-state index contributed by atoms with van der Waals surface area (Å²) in [6.45, 7) is 9.82. The van der Waals surface area contributed by atoms with Gasteiger partial charge in [-0.2, -0.15) is 5.26 Å². The number of nitrogens with one attached hydrogen (secondary N) is 1. The van der Waals surface area contributed by atoms with Crippen LogP contribution in [0.2, 0.25) is 0 Å². The van der Waals surface area contributed by atoms with Crippen LogP contribution in [0, 0.1) is 30.6 Å². The van der Waals surface area contributed by atoms with E-state index < -0.39 is 11.3 Å². The molecule has 0 aliphatic carbocycles. The average molecular weight is 423 g/mol. The summed E-state index contributed by atoms with van der Waals surface area (Å²) in [4.78, 5) is 13.3. The maximum atomic E-state index is 13.3. The number of aryl methyl sites for hydroxylation is 2. The number of methoxy groups -OCH3 is 3. The van der Waals surface area contributed by atoms with Crippen molar-refractivity contribution in [3.05, 3.63) is 58.3 Å². The number of nitriles is 1. The zero-order valence-electron chi connectivity index (χ0n) is 19.5. The number of ether oxygens (including phenoxy) is 3. The third-order valence-corrected chi connectivity index (χ3v) is 4.81. The van der Waals surface area contributed by atoms with Crippen molar-refractivity contribution < 1.29 is 19.0 Å². The van der Waals surface area contributed by atoms with Crippen molar-refractivity contribution in [3.8, 4) is 23.3 Å². The molecule has 0 fully saturated rings. The van der Waals surface area contributed by atoms with Crippen LogP contribution in [0.5, 0.6) is 17.2 Å². The number of nitrogens with zero attached hydrogens (tertiary/aromatic N) is 1. The zero-order valence-corrected chi connectivity index (χ0v) is 19.5. The van der Waals surface area contributed by atoms with Gasteiger partial charge in [0.25, 0.3) is 5.91 Å². The molecule has 0 spiro atoms. The topological polar surface area (TPSA) is 80.6 Å². The molecule has 1 N–H and O–H groups in total. The molecule has 6 nitrogen and oxygen atoms in total. The van der Waals surface area contributed by atoms with Crippen LogP contribution in [0.4, 0.5) is 0 Å². The van der Waals surface area contributed by atoms with Gasteiger partial charge in [0, 0.05) is 11.1 Å². The molecule has 0 bridgehead atoms. The van der Waals surface area contributed by atoms with E-state index in [1.807, 2.05) is 52.8 Å². The van der Waals surface area contributed by atoms with Crippen molar-refractivity contribution in [2.45, 2.75) is 34.6 Å². The Balaban J connectivity index is 2.64. The van der Waals surface area contributed by atoms with Gasteiger partial charge in [-0.05, 0) is 31.5 Å². The molecule has 0 unspecified atom stereocenters. The van der Waals surface area contributed by atoms with Crippen LogP contribution in [0.25, 0.3) is 5.57 Å². The summed E-state index contributed by atoms with van der Waals surface area (Å²) < 4.78 is 16.1. The number of rotatable bonds is 6. The minimum Gasteiger partial charge on any atom is -0.493 e. The molecule has 0 aromatic heterocycles. The highest BCUT2D eigenvalue weighted by Gasteiger charge is 2.27. The van der Waals surface area contributed by atoms with Crippen molar-refractivity contribution in [1.82, 2.24) is 5.32 Å². The molecule has 1 amide bonds. The number of hydrogen-bond acceptors (Lipinski definition) is 5. The minimum absolute atomic E-state index is 0.262. The van der Waals surface area contributed by atoms with Crippen molar-refractivity contribution in [3.63, 3.8) is 0 Å². The predicted octanol–water partition coefficient (Wildman–Crippen LogP) is 5.04. The second-order valence-corrected chi connectivity index (χ2v) is 8.32. The maximum absolute atomic E-state index is 13.3. The van der Waals surface area contributed by atoms with Crippen LogP contribution in [-0.4, -0.2) is 27.2 Å². The fourth-order valence-electron chi connectivity index (χ4n) is 3.47. The predicted molar refractivity (Wildman–Crippen MR) is 121 cm³/mol. The van der Waals surface area contributed by atoms with E-state index in [-0.39, 0.29) is 11.3 Å². The van der Waals surface area contributed by atoms with E-state index in [1.165, 1.54) is 21.3 Å². The van der Waals surface area contributed by atoms with Gasteiger partial charge >= 0.3 is 0 Å². The molecule has 0 saturated heterocycles. The fourth-order valence-corrected chi connectivity index (χ4v) is 3.47. The molecular formula is C25H30N2O4. The lowest BCUT2D eigenvalue weighted by molar-refractivity contribution is 0.0954. The van der Waals surface area contributed by atoms with Gasteiger partial charge in [0.05, 0.1) is 32.5 Å². The van der Waals surface area contributed by atoms with Crippen LogP contribution in [-0.2, 0) is 0 Å². The van der Waals surface area contributed by atoms with Crippen LogP contribution in [0.1, 0.15) is 47.8 Å². The Labute approximate surface area is 184 Å². The van der Waals surface area contributed by atoms with E-state index in [2.05, 4.69) is 11.4 Å². The Kier molecular flexibility index (Phi) is 7.35. The largest absolute Gasteiger partial charge is 0.493 e. The summed E-state index contributed by atoms with van der Waals surface area (Å²) in [5, 5.41) is 13.0. The Bertz CT molecular complexity index is 1040. The lowest BCUT2D eigenvalue weighted by atomic mass is 9.86. The Hall–Kier alpha value is -3.46. The molecule has 0 heterocycles. The third kappa shape index (κ3) is 5.18. The maximum Gasteiger partial charge on any atom is 0.259 e. The Morgan fingerprint density at radius 3 is 1.97 bits per heavy atom. The van der Waals surface area contributed by atoms with Gasteiger partial charge < -0.3 is 19.5 Å². The molecule has 2 aromatic rings. The number of hydrogen-bond donors (Lipinski definition) is 1. The van der Waals surface area contributed by atoms with Gasteiger partial charge in [0.15, 0.2) is 11.5 Å². The van der Waals surface area contributed by atoms with E-state index in [1.54, 1.807) is 12.1 Å². The van der Waals surface area contributed by atoms with Crippen LogP contribution in [0.3, 0.4) is 0 Å². The standard InChI is InChI=1S/C25H30N2O4/c1-15-11-16(2)13-17(12-15)19(14-26)23(25(3,4)5)27-24(28)18-9-10-20(29-6)22(31-8)21(18)30-7/h9-13H,1-8H3,(H,27,28)/b23-19-.